The fraction of sp³-hybridized carbons (Fsp3) is 0.306. The smallest absolute Gasteiger partial charge is 0.262 e. The van der Waals surface area contributed by atoms with Crippen LogP contribution in [0, 0.1) is 5.92 Å². The third kappa shape index (κ3) is 6.14. The molecule has 4 aromatic rings. The number of thioether (sulfide) groups is 1. The lowest BCUT2D eigenvalue weighted by molar-refractivity contribution is -0.129. The second-order valence-corrected chi connectivity index (χ2v) is 12.2. The Balaban J connectivity index is 1.25. The molecular formula is C36H38N2O3S. The highest BCUT2D eigenvalue weighted by Gasteiger charge is 2.42. The first-order valence-electron chi connectivity index (χ1n) is 15.0. The van der Waals surface area contributed by atoms with Crippen molar-refractivity contribution < 1.29 is 14.3 Å². The van der Waals surface area contributed by atoms with E-state index in [2.05, 4.69) is 71.7 Å². The van der Waals surface area contributed by atoms with Gasteiger partial charge in [0.25, 0.3) is 5.91 Å². The van der Waals surface area contributed by atoms with E-state index >= 15 is 0 Å². The maximum atomic E-state index is 13.9. The Hall–Kier alpha value is -3.90. The Morgan fingerprint density at radius 1 is 0.905 bits per heavy atom. The maximum Gasteiger partial charge on any atom is 0.262 e. The van der Waals surface area contributed by atoms with Gasteiger partial charge in [-0.05, 0) is 77.9 Å². The number of fused-ring (bicyclic) bond motifs is 1. The van der Waals surface area contributed by atoms with Gasteiger partial charge in [0.2, 0.25) is 0 Å². The molecule has 4 aromatic carbocycles. The summed E-state index contributed by atoms with van der Waals surface area (Å²) >= 11 is 1.60. The van der Waals surface area contributed by atoms with Crippen molar-refractivity contribution >= 4 is 40.2 Å². The first-order valence-corrected chi connectivity index (χ1v) is 15.9. The van der Waals surface area contributed by atoms with Crippen LogP contribution in [0.15, 0.2) is 95.9 Å². The second-order valence-electron chi connectivity index (χ2n) is 11.1. The highest BCUT2D eigenvalue weighted by atomic mass is 32.2. The zero-order chi connectivity index (χ0) is 28.9. The number of rotatable bonds is 9. The summed E-state index contributed by atoms with van der Waals surface area (Å²) in [5.74, 6) is 1.95. The van der Waals surface area contributed by atoms with Gasteiger partial charge < -0.3 is 19.7 Å². The number of nitrogens with one attached hydrogen (secondary N) is 1. The molecule has 0 spiro atoms. The molecular weight excluding hydrogens is 540 g/mol. The molecule has 1 N–H and O–H groups in total. The molecule has 1 aliphatic heterocycles. The maximum absolute atomic E-state index is 13.9. The third-order valence-corrected chi connectivity index (χ3v) is 9.37. The van der Waals surface area contributed by atoms with Crippen molar-refractivity contribution in [1.29, 1.82) is 0 Å². The first-order chi connectivity index (χ1) is 20.6. The van der Waals surface area contributed by atoms with Crippen LogP contribution in [0.3, 0.4) is 0 Å². The molecule has 2 fully saturated rings. The number of para-hydroxylation sites is 1. The molecule has 1 unspecified atom stereocenters. The molecule has 5 nitrogen and oxygen atoms in total. The van der Waals surface area contributed by atoms with Gasteiger partial charge in [-0.15, -0.1) is 0 Å². The number of benzene rings is 4. The van der Waals surface area contributed by atoms with E-state index in [0.717, 1.165) is 34.6 Å². The molecule has 42 heavy (non-hydrogen) atoms. The van der Waals surface area contributed by atoms with Crippen molar-refractivity contribution in [3.63, 3.8) is 0 Å². The first kappa shape index (κ1) is 28.2. The summed E-state index contributed by atoms with van der Waals surface area (Å²) in [6.07, 6.45) is 6.61. The Morgan fingerprint density at radius 3 is 2.52 bits per heavy atom. The Kier molecular flexibility index (Phi) is 8.71. The molecule has 1 saturated heterocycles. The number of nitrogens with zero attached hydrogens (tertiary/aromatic N) is 1. The van der Waals surface area contributed by atoms with Crippen LogP contribution in [0.2, 0.25) is 0 Å². The van der Waals surface area contributed by atoms with E-state index in [0.29, 0.717) is 30.6 Å². The molecule has 6 heteroatoms. The average Bonchev–Trinajstić information content (AvgIpc) is 3.31. The number of hydrogen-bond donors (Lipinski definition) is 1. The number of amides is 1. The van der Waals surface area contributed by atoms with Crippen molar-refractivity contribution in [3.8, 4) is 11.5 Å². The molecule has 1 heterocycles. The molecule has 216 valence electrons. The van der Waals surface area contributed by atoms with Crippen LogP contribution in [0.25, 0.3) is 16.8 Å². The Labute approximate surface area is 252 Å². The van der Waals surface area contributed by atoms with E-state index in [1.54, 1.807) is 11.8 Å². The van der Waals surface area contributed by atoms with Crippen molar-refractivity contribution in [2.75, 3.05) is 11.9 Å². The van der Waals surface area contributed by atoms with E-state index in [1.165, 1.54) is 23.6 Å². The minimum Gasteiger partial charge on any atom is -0.490 e. The fourth-order valence-corrected chi connectivity index (χ4v) is 7.31. The van der Waals surface area contributed by atoms with Crippen LogP contribution < -0.4 is 14.8 Å². The van der Waals surface area contributed by atoms with Crippen LogP contribution in [-0.4, -0.2) is 29.0 Å². The predicted octanol–water partition coefficient (Wildman–Crippen LogP) is 8.71. The van der Waals surface area contributed by atoms with Gasteiger partial charge >= 0.3 is 0 Å². The van der Waals surface area contributed by atoms with Gasteiger partial charge in [0.15, 0.2) is 17.0 Å². The molecule has 0 aromatic heterocycles. The normalized spacial score (nSPS) is 21.6. The van der Waals surface area contributed by atoms with E-state index < -0.39 is 0 Å². The lowest BCUT2D eigenvalue weighted by Gasteiger charge is -2.39. The summed E-state index contributed by atoms with van der Waals surface area (Å²) in [6.45, 7) is 5.22. The number of anilines is 1. The van der Waals surface area contributed by atoms with Gasteiger partial charge in [0.1, 0.15) is 6.61 Å². The summed E-state index contributed by atoms with van der Waals surface area (Å²) in [7, 11) is 0. The summed E-state index contributed by atoms with van der Waals surface area (Å²) in [6, 6.07) is 31.0. The number of ether oxygens (including phenoxy) is 2. The van der Waals surface area contributed by atoms with Crippen LogP contribution in [0.5, 0.6) is 11.5 Å². The average molecular weight is 579 g/mol. The zero-order valence-corrected chi connectivity index (χ0v) is 25.1. The van der Waals surface area contributed by atoms with Crippen molar-refractivity contribution in [1.82, 2.24) is 4.90 Å². The van der Waals surface area contributed by atoms with Gasteiger partial charge in [0, 0.05) is 11.7 Å². The van der Waals surface area contributed by atoms with E-state index in [1.807, 2.05) is 49.4 Å². The minimum atomic E-state index is -0.147. The highest BCUT2D eigenvalue weighted by molar-refractivity contribution is 8.05. The van der Waals surface area contributed by atoms with Gasteiger partial charge in [-0.1, -0.05) is 98.3 Å². The number of carbonyl (C=O) groups is 1. The molecule has 1 aliphatic carbocycles. The minimum absolute atomic E-state index is 0.0985. The quantitative estimate of drug-likeness (QED) is 0.201. The van der Waals surface area contributed by atoms with Gasteiger partial charge in [-0.3, -0.25) is 4.79 Å². The van der Waals surface area contributed by atoms with Gasteiger partial charge in [-0.25, -0.2) is 0 Å². The van der Waals surface area contributed by atoms with E-state index in [4.69, 9.17) is 9.47 Å². The lowest BCUT2D eigenvalue weighted by Crippen LogP contribution is -2.48. The third-order valence-electron chi connectivity index (χ3n) is 8.25. The molecule has 1 saturated carbocycles. The van der Waals surface area contributed by atoms with Gasteiger partial charge in [-0.2, -0.15) is 0 Å². The van der Waals surface area contributed by atoms with Crippen LogP contribution in [-0.2, 0) is 11.4 Å². The van der Waals surface area contributed by atoms with Crippen LogP contribution in [0.1, 0.15) is 50.7 Å². The number of carbonyl (C=O) groups excluding carboxylic acids is 1. The zero-order valence-electron chi connectivity index (χ0n) is 24.3. The Bertz CT molecular complexity index is 1570. The molecule has 0 radical (unpaired) electrons. The predicted molar refractivity (Wildman–Crippen MR) is 174 cm³/mol. The van der Waals surface area contributed by atoms with Gasteiger partial charge in [0.05, 0.1) is 11.5 Å². The molecule has 0 bridgehead atoms. The number of hydrogen-bond acceptors (Lipinski definition) is 5. The fourth-order valence-electron chi connectivity index (χ4n) is 6.09. The summed E-state index contributed by atoms with van der Waals surface area (Å²) < 4.78 is 12.3. The molecule has 3 atom stereocenters. The van der Waals surface area contributed by atoms with Crippen molar-refractivity contribution in [3.05, 3.63) is 107 Å². The largest absolute Gasteiger partial charge is 0.490 e. The van der Waals surface area contributed by atoms with Crippen LogP contribution >= 0.6 is 11.8 Å². The monoisotopic (exact) mass is 578 g/mol. The lowest BCUT2D eigenvalue weighted by atomic mass is 9.85. The van der Waals surface area contributed by atoms with Crippen LogP contribution in [0.4, 0.5) is 5.69 Å². The highest BCUT2D eigenvalue weighted by Crippen LogP contribution is 2.42. The molecule has 6 rings (SSSR count). The topological polar surface area (TPSA) is 50.8 Å². The van der Waals surface area contributed by atoms with Crippen molar-refractivity contribution in [2.45, 2.75) is 57.7 Å². The summed E-state index contributed by atoms with van der Waals surface area (Å²) in [5.41, 5.74) is 2.92. The molecule has 1 amide bonds. The SMILES string of the molecule is CCOc1cc(/C=C2\SC(Nc3ccccc3)N([C@@H]3CCCC[C@H]3C)C2=O)ccc1OCc1cccc2ccccc12. The Morgan fingerprint density at radius 2 is 1.69 bits per heavy atom. The van der Waals surface area contributed by atoms with Crippen molar-refractivity contribution in [2.24, 2.45) is 5.92 Å². The summed E-state index contributed by atoms with van der Waals surface area (Å²) in [4.78, 5) is 16.8. The standard InChI is InChI=1S/C36H38N2O3S/c1-3-40-33-22-26(20-21-32(33)41-24-28-15-11-14-27-13-8-9-18-30(27)28)23-34-35(39)38(31-19-10-7-12-25(31)2)36(42-34)37-29-16-5-4-6-17-29/h4-6,8-9,11,13-18,20-23,25,31,36-37H,3,7,10,12,19,24H2,1-2H3/b34-23-/t25-,31-,36?/m1/s1. The summed E-state index contributed by atoms with van der Waals surface area (Å²) in [5, 5.41) is 6.01. The van der Waals surface area contributed by atoms with E-state index in [9.17, 15) is 4.79 Å². The molecule has 2 aliphatic rings. The van der Waals surface area contributed by atoms with E-state index in [-0.39, 0.29) is 17.4 Å². The second kappa shape index (κ2) is 13.0.